The van der Waals surface area contributed by atoms with E-state index in [1.807, 2.05) is 6.92 Å². The van der Waals surface area contributed by atoms with E-state index in [1.54, 1.807) is 37.8 Å². The van der Waals surface area contributed by atoms with Crippen LogP contribution in [0.15, 0.2) is 16.6 Å². The molecule has 1 saturated heterocycles. The first kappa shape index (κ1) is 24.0. The predicted molar refractivity (Wildman–Crippen MR) is 116 cm³/mol. The minimum absolute atomic E-state index is 0.0922. The predicted octanol–water partition coefficient (Wildman–Crippen LogP) is 2.96. The van der Waals surface area contributed by atoms with Crippen LogP contribution >= 0.6 is 15.9 Å². The highest BCUT2D eigenvalue weighted by Crippen LogP contribution is 2.31. The van der Waals surface area contributed by atoms with Crippen LogP contribution in [0.25, 0.3) is 0 Å². The molecule has 0 aromatic heterocycles. The van der Waals surface area contributed by atoms with E-state index in [0.717, 1.165) is 5.56 Å². The number of likely N-dealkylation sites (tertiary alicyclic amines) is 1. The number of aryl methyl sites for hydroxylation is 1. The first-order valence-electron chi connectivity index (χ1n) is 10.0. The molecule has 1 aliphatic heterocycles. The molecule has 0 aliphatic carbocycles. The number of carbonyl (C=O) groups excluding carboxylic acids is 3. The van der Waals surface area contributed by atoms with Crippen LogP contribution in [0.3, 0.4) is 0 Å². The maximum atomic E-state index is 12.9. The van der Waals surface area contributed by atoms with Gasteiger partial charge in [0, 0.05) is 26.2 Å². The molecule has 30 heavy (non-hydrogen) atoms. The molecule has 0 saturated carbocycles. The van der Waals surface area contributed by atoms with Crippen molar-refractivity contribution in [1.82, 2.24) is 15.5 Å². The topological polar surface area (TPSA) is 108 Å². The molecule has 1 unspecified atom stereocenters. The number of phenolic OH excluding ortho intramolecular Hbond substituents is 1. The lowest BCUT2D eigenvalue weighted by Crippen LogP contribution is -2.46. The van der Waals surface area contributed by atoms with E-state index in [-0.39, 0.29) is 48.7 Å². The van der Waals surface area contributed by atoms with E-state index >= 15 is 0 Å². The maximum Gasteiger partial charge on any atom is 0.407 e. The molecule has 1 atom stereocenters. The monoisotopic (exact) mass is 483 g/mol. The summed E-state index contributed by atoms with van der Waals surface area (Å²) in [6.07, 6.45) is 0.849. The van der Waals surface area contributed by atoms with Gasteiger partial charge in [0.1, 0.15) is 11.4 Å². The highest BCUT2D eigenvalue weighted by Gasteiger charge is 2.30. The molecule has 3 amide bonds. The second-order valence-corrected chi connectivity index (χ2v) is 9.31. The van der Waals surface area contributed by atoms with Gasteiger partial charge in [-0.25, -0.2) is 4.79 Å². The Labute approximate surface area is 185 Å². The molecule has 166 valence electrons. The molecule has 0 radical (unpaired) electrons. The van der Waals surface area contributed by atoms with Crippen molar-refractivity contribution in [3.63, 3.8) is 0 Å². The fourth-order valence-corrected chi connectivity index (χ4v) is 3.83. The first-order chi connectivity index (χ1) is 14.0. The van der Waals surface area contributed by atoms with Crippen LogP contribution in [0.2, 0.25) is 0 Å². The highest BCUT2D eigenvalue weighted by atomic mass is 79.9. The number of ether oxygens (including phenoxy) is 1. The van der Waals surface area contributed by atoms with Gasteiger partial charge in [-0.05, 0) is 74.2 Å². The molecular weight excluding hydrogens is 454 g/mol. The molecule has 0 spiro atoms. The number of piperidine rings is 1. The molecule has 8 nitrogen and oxygen atoms in total. The van der Waals surface area contributed by atoms with Crippen molar-refractivity contribution in [2.75, 3.05) is 26.2 Å². The smallest absolute Gasteiger partial charge is 0.407 e. The van der Waals surface area contributed by atoms with Gasteiger partial charge in [-0.3, -0.25) is 9.59 Å². The van der Waals surface area contributed by atoms with Crippen LogP contribution < -0.4 is 10.6 Å². The summed E-state index contributed by atoms with van der Waals surface area (Å²) in [5.41, 5.74) is 0.503. The van der Waals surface area contributed by atoms with E-state index in [9.17, 15) is 19.5 Å². The molecule has 3 N–H and O–H groups in total. The van der Waals surface area contributed by atoms with Crippen molar-refractivity contribution in [1.29, 1.82) is 0 Å². The highest BCUT2D eigenvalue weighted by molar-refractivity contribution is 9.10. The number of hydrogen-bond donors (Lipinski definition) is 3. The van der Waals surface area contributed by atoms with Crippen LogP contribution in [0, 0.1) is 12.8 Å². The molecule has 0 bridgehead atoms. The van der Waals surface area contributed by atoms with E-state index < -0.39 is 11.7 Å². The molecule has 1 aromatic carbocycles. The van der Waals surface area contributed by atoms with Gasteiger partial charge >= 0.3 is 6.09 Å². The van der Waals surface area contributed by atoms with Gasteiger partial charge in [-0.2, -0.15) is 0 Å². The summed E-state index contributed by atoms with van der Waals surface area (Å²) >= 11 is 3.26. The molecule has 1 aliphatic rings. The van der Waals surface area contributed by atoms with Crippen LogP contribution in [-0.4, -0.2) is 59.7 Å². The van der Waals surface area contributed by atoms with Gasteiger partial charge in [-0.1, -0.05) is 0 Å². The quantitative estimate of drug-likeness (QED) is 0.557. The van der Waals surface area contributed by atoms with Gasteiger partial charge in [0.2, 0.25) is 5.91 Å². The molecule has 9 heteroatoms. The third-order valence-electron chi connectivity index (χ3n) is 4.61. The minimum atomic E-state index is -0.577. The lowest BCUT2D eigenvalue weighted by molar-refractivity contribution is -0.126. The van der Waals surface area contributed by atoms with Gasteiger partial charge in [0.25, 0.3) is 5.91 Å². The lowest BCUT2D eigenvalue weighted by atomic mass is 9.96. The number of amides is 3. The van der Waals surface area contributed by atoms with Crippen molar-refractivity contribution in [3.8, 4) is 5.75 Å². The summed E-state index contributed by atoms with van der Waals surface area (Å²) in [6, 6.07) is 3.39. The Morgan fingerprint density at radius 1 is 1.23 bits per heavy atom. The number of nitrogens with zero attached hydrogens (tertiary/aromatic N) is 1. The van der Waals surface area contributed by atoms with Gasteiger partial charge < -0.3 is 25.4 Å². The standard InChI is InChI=1S/C21H30BrN3O5/c1-13-10-15(17(26)16(22)11-13)19(28)25-9-5-6-14(12-25)18(27)23-7-8-24-20(29)30-21(2,3)4/h10-11,14,26H,5-9,12H2,1-4H3,(H,23,27)(H,24,29). The fraction of sp³-hybridized carbons (Fsp3) is 0.571. The summed E-state index contributed by atoms with van der Waals surface area (Å²) in [7, 11) is 0. The maximum absolute atomic E-state index is 12.9. The van der Waals surface area contributed by atoms with Gasteiger partial charge in [0.05, 0.1) is 16.0 Å². The number of alkyl carbamates (subject to hydrolysis) is 1. The number of nitrogens with one attached hydrogen (secondary N) is 2. The Kier molecular flexibility index (Phi) is 8.11. The third kappa shape index (κ3) is 6.90. The Morgan fingerprint density at radius 2 is 1.90 bits per heavy atom. The van der Waals surface area contributed by atoms with Crippen LogP contribution in [0.5, 0.6) is 5.75 Å². The van der Waals surface area contributed by atoms with E-state index in [2.05, 4.69) is 26.6 Å². The number of carbonyl (C=O) groups is 3. The summed E-state index contributed by atoms with van der Waals surface area (Å²) in [6.45, 7) is 8.52. The average Bonchev–Trinajstić information content (AvgIpc) is 2.66. The van der Waals surface area contributed by atoms with Crippen molar-refractivity contribution < 1.29 is 24.2 Å². The summed E-state index contributed by atoms with van der Waals surface area (Å²) < 4.78 is 5.61. The van der Waals surface area contributed by atoms with Crippen LogP contribution in [0.1, 0.15) is 49.5 Å². The second kappa shape index (κ2) is 10.1. The molecule has 1 aromatic rings. The Bertz CT molecular complexity index is 807. The van der Waals surface area contributed by atoms with Crippen molar-refractivity contribution in [3.05, 3.63) is 27.7 Å². The number of rotatable bonds is 5. The SMILES string of the molecule is Cc1cc(Br)c(O)c(C(=O)N2CCCC(C(=O)NCCNC(=O)OC(C)(C)C)C2)c1. The minimum Gasteiger partial charge on any atom is -0.506 e. The molecule has 2 rings (SSSR count). The van der Waals surface area contributed by atoms with Crippen molar-refractivity contribution in [2.24, 2.45) is 5.92 Å². The average molecular weight is 484 g/mol. The first-order valence-corrected chi connectivity index (χ1v) is 10.8. The van der Waals surface area contributed by atoms with E-state index in [4.69, 9.17) is 4.74 Å². The number of benzene rings is 1. The molecular formula is C21H30BrN3O5. The van der Waals surface area contributed by atoms with Gasteiger partial charge in [-0.15, -0.1) is 0 Å². The zero-order chi connectivity index (χ0) is 22.5. The second-order valence-electron chi connectivity index (χ2n) is 8.45. The summed E-state index contributed by atoms with van der Waals surface area (Å²) in [5.74, 6) is -0.876. The number of aromatic hydroxyl groups is 1. The van der Waals surface area contributed by atoms with Crippen LogP contribution in [0.4, 0.5) is 4.79 Å². The zero-order valence-corrected chi connectivity index (χ0v) is 19.5. The number of hydrogen-bond acceptors (Lipinski definition) is 5. The largest absolute Gasteiger partial charge is 0.506 e. The summed E-state index contributed by atoms with van der Waals surface area (Å²) in [4.78, 5) is 38.6. The van der Waals surface area contributed by atoms with Crippen LogP contribution in [-0.2, 0) is 9.53 Å². The lowest BCUT2D eigenvalue weighted by Gasteiger charge is -2.32. The Hall–Kier alpha value is -2.29. The normalized spacial score (nSPS) is 16.7. The molecule has 1 heterocycles. The van der Waals surface area contributed by atoms with E-state index in [0.29, 0.717) is 23.9 Å². The summed E-state index contributed by atoms with van der Waals surface area (Å²) in [5, 5.41) is 15.6. The van der Waals surface area contributed by atoms with Crippen molar-refractivity contribution in [2.45, 2.75) is 46.1 Å². The van der Waals surface area contributed by atoms with Crippen molar-refractivity contribution >= 4 is 33.8 Å². The number of halogens is 1. The third-order valence-corrected chi connectivity index (χ3v) is 5.21. The zero-order valence-electron chi connectivity index (χ0n) is 17.9. The number of phenols is 1. The molecule has 1 fully saturated rings. The fourth-order valence-electron chi connectivity index (χ4n) is 3.25. The Morgan fingerprint density at radius 3 is 2.57 bits per heavy atom. The van der Waals surface area contributed by atoms with Gasteiger partial charge in [0.15, 0.2) is 0 Å². The Balaban J connectivity index is 1.86. The van der Waals surface area contributed by atoms with E-state index in [1.165, 1.54) is 0 Å².